The molecule has 0 fully saturated rings. The number of hydrazine groups is 1. The van der Waals surface area contributed by atoms with E-state index in [2.05, 4.69) is 31.5 Å². The van der Waals surface area contributed by atoms with Crippen molar-refractivity contribution in [2.24, 2.45) is 0 Å². The van der Waals surface area contributed by atoms with Crippen molar-refractivity contribution >= 4 is 27.3 Å². The highest BCUT2D eigenvalue weighted by Gasteiger charge is 2.36. The minimum absolute atomic E-state index is 0.140. The van der Waals surface area contributed by atoms with Crippen LogP contribution >= 0.6 is 15.9 Å². The number of benzene rings is 2. The maximum atomic E-state index is 12.4. The van der Waals surface area contributed by atoms with Crippen LogP contribution in [0.1, 0.15) is 5.56 Å². The van der Waals surface area contributed by atoms with Crippen LogP contribution < -0.4 is 15.6 Å². The summed E-state index contributed by atoms with van der Waals surface area (Å²) in [5.41, 5.74) is 6.07. The van der Waals surface area contributed by atoms with Gasteiger partial charge in [0.05, 0.1) is 9.40 Å². The van der Waals surface area contributed by atoms with Crippen molar-refractivity contribution in [1.29, 1.82) is 0 Å². The first-order valence-corrected chi connectivity index (χ1v) is 7.32. The number of nitrogens with one attached hydrogen (secondary N) is 2. The lowest BCUT2D eigenvalue weighted by atomic mass is 10.2. The zero-order chi connectivity index (χ0) is 17.7. The van der Waals surface area contributed by atoms with E-state index in [1.165, 1.54) is 6.07 Å². The normalized spacial score (nSPS) is 11.2. The maximum Gasteiger partial charge on any atom is 0.573 e. The Bertz CT molecular complexity index is 726. The largest absolute Gasteiger partial charge is 0.573 e. The monoisotopic (exact) mass is 405 g/mol. The number of alkyl halides is 3. The van der Waals surface area contributed by atoms with Crippen molar-refractivity contribution in [2.45, 2.75) is 12.9 Å². The second-order valence-electron chi connectivity index (χ2n) is 4.58. The fraction of sp³-hybridized carbons (Fsp3) is 0.143. The molecule has 0 saturated heterocycles. The van der Waals surface area contributed by atoms with Crippen molar-refractivity contribution in [3.63, 3.8) is 0 Å². The van der Waals surface area contributed by atoms with Crippen molar-refractivity contribution in [3.8, 4) is 5.75 Å². The van der Waals surface area contributed by atoms with Gasteiger partial charge in [0.25, 0.3) is 0 Å². The van der Waals surface area contributed by atoms with Gasteiger partial charge in [0.2, 0.25) is 5.75 Å². The molecule has 0 aliphatic rings. The first-order valence-electron chi connectivity index (χ1n) is 6.53. The third-order valence-corrected chi connectivity index (χ3v) is 3.39. The molecule has 0 aliphatic heterocycles. The molecule has 0 aliphatic carbocycles. The topological polar surface area (TPSA) is 76.4 Å². The standard InChI is InChI=1S/C14H11BrF3N3O3/c15-11-6-9(8-19-20-10-4-2-1-3-5-10)7-12(21(22)23)13(11)24-14(16,17)18/h1-7,19-20H,8H2. The van der Waals surface area contributed by atoms with E-state index in [4.69, 9.17) is 0 Å². The quantitative estimate of drug-likeness (QED) is 0.551. The summed E-state index contributed by atoms with van der Waals surface area (Å²) in [5.74, 6) is -0.882. The van der Waals surface area contributed by atoms with Gasteiger partial charge in [-0.1, -0.05) is 18.2 Å². The van der Waals surface area contributed by atoms with E-state index in [0.29, 0.717) is 5.56 Å². The molecule has 128 valence electrons. The van der Waals surface area contributed by atoms with Gasteiger partial charge in [-0.15, -0.1) is 13.2 Å². The van der Waals surface area contributed by atoms with Gasteiger partial charge < -0.3 is 10.2 Å². The Hall–Kier alpha value is -2.33. The Morgan fingerprint density at radius 1 is 1.21 bits per heavy atom. The molecule has 2 rings (SSSR count). The van der Waals surface area contributed by atoms with Crippen LogP contribution in [-0.4, -0.2) is 11.3 Å². The Morgan fingerprint density at radius 3 is 2.46 bits per heavy atom. The van der Waals surface area contributed by atoms with Crippen molar-refractivity contribution < 1.29 is 22.8 Å². The number of anilines is 1. The first-order chi connectivity index (χ1) is 11.3. The number of hydrogen-bond donors (Lipinski definition) is 2. The molecule has 6 nitrogen and oxygen atoms in total. The molecule has 0 saturated carbocycles. The van der Waals surface area contributed by atoms with Gasteiger partial charge in [-0.05, 0) is 39.7 Å². The fourth-order valence-corrected chi connectivity index (χ4v) is 2.44. The van der Waals surface area contributed by atoms with Crippen LogP contribution in [0.2, 0.25) is 0 Å². The highest BCUT2D eigenvalue weighted by Crippen LogP contribution is 2.39. The molecule has 0 spiro atoms. The van der Waals surface area contributed by atoms with Crippen molar-refractivity contribution in [3.05, 3.63) is 62.6 Å². The number of rotatable bonds is 6. The minimum Gasteiger partial charge on any atom is -0.397 e. The summed E-state index contributed by atoms with van der Waals surface area (Å²) < 4.78 is 40.7. The number of hydrogen-bond acceptors (Lipinski definition) is 5. The predicted octanol–water partition coefficient (Wildman–Crippen LogP) is 4.37. The molecular weight excluding hydrogens is 395 g/mol. The summed E-state index contributed by atoms with van der Waals surface area (Å²) in [6.07, 6.45) is -5.03. The fourth-order valence-electron chi connectivity index (χ4n) is 1.86. The predicted molar refractivity (Wildman–Crippen MR) is 84.4 cm³/mol. The van der Waals surface area contributed by atoms with Gasteiger partial charge in [-0.2, -0.15) is 0 Å². The van der Waals surface area contributed by atoms with Crippen molar-refractivity contribution in [1.82, 2.24) is 5.43 Å². The van der Waals surface area contributed by atoms with E-state index in [0.717, 1.165) is 11.8 Å². The molecule has 0 unspecified atom stereocenters. The Labute approximate surface area is 142 Å². The molecule has 2 aromatic rings. The molecule has 0 radical (unpaired) electrons. The SMILES string of the molecule is O=[N+]([O-])c1cc(CNNc2ccccc2)cc(Br)c1OC(F)(F)F. The van der Waals surface area contributed by atoms with Crippen LogP contribution in [-0.2, 0) is 6.54 Å². The number of ether oxygens (including phenoxy) is 1. The lowest BCUT2D eigenvalue weighted by Crippen LogP contribution is -2.21. The highest BCUT2D eigenvalue weighted by molar-refractivity contribution is 9.10. The summed E-state index contributed by atoms with van der Waals surface area (Å²) in [7, 11) is 0. The summed E-state index contributed by atoms with van der Waals surface area (Å²) in [4.78, 5) is 10.1. The molecule has 2 N–H and O–H groups in total. The van der Waals surface area contributed by atoms with Gasteiger partial charge in [-0.25, -0.2) is 5.43 Å². The van der Waals surface area contributed by atoms with E-state index in [1.807, 2.05) is 18.2 Å². The van der Waals surface area contributed by atoms with Crippen LogP contribution in [0.25, 0.3) is 0 Å². The van der Waals surface area contributed by atoms with Gasteiger partial charge in [0.1, 0.15) is 0 Å². The second-order valence-corrected chi connectivity index (χ2v) is 5.43. The molecule has 0 atom stereocenters. The zero-order valence-corrected chi connectivity index (χ0v) is 13.5. The molecule has 10 heteroatoms. The molecular formula is C14H11BrF3N3O3. The number of nitrogens with zero attached hydrogens (tertiary/aromatic N) is 1. The second kappa shape index (κ2) is 7.49. The third-order valence-electron chi connectivity index (χ3n) is 2.80. The van der Waals surface area contributed by atoms with Gasteiger partial charge in [0, 0.05) is 18.3 Å². The van der Waals surface area contributed by atoms with Crippen LogP contribution in [0.5, 0.6) is 5.75 Å². The van der Waals surface area contributed by atoms with Crippen LogP contribution in [0, 0.1) is 10.1 Å². The van der Waals surface area contributed by atoms with E-state index < -0.39 is 22.7 Å². The summed E-state index contributed by atoms with van der Waals surface area (Å²) >= 11 is 2.88. The smallest absolute Gasteiger partial charge is 0.397 e. The number of nitro groups is 1. The number of nitro benzene ring substituents is 1. The average Bonchev–Trinajstić information content (AvgIpc) is 2.49. The Kier molecular flexibility index (Phi) is 5.62. The summed E-state index contributed by atoms with van der Waals surface area (Å²) in [6, 6.07) is 11.4. The highest BCUT2D eigenvalue weighted by atomic mass is 79.9. The van der Waals surface area contributed by atoms with E-state index in [-0.39, 0.29) is 11.0 Å². The molecule has 0 amide bonds. The molecule has 0 bridgehead atoms. The number of halogens is 4. The lowest BCUT2D eigenvalue weighted by Gasteiger charge is -2.13. The zero-order valence-electron chi connectivity index (χ0n) is 11.9. The number of para-hydroxylation sites is 1. The van der Waals surface area contributed by atoms with Gasteiger partial charge in [-0.3, -0.25) is 10.1 Å². The summed E-state index contributed by atoms with van der Waals surface area (Å²) in [5, 5.41) is 11.0. The van der Waals surface area contributed by atoms with Crippen LogP contribution in [0.3, 0.4) is 0 Å². The van der Waals surface area contributed by atoms with E-state index >= 15 is 0 Å². The van der Waals surface area contributed by atoms with Crippen molar-refractivity contribution in [2.75, 3.05) is 5.43 Å². The molecule has 0 heterocycles. The van der Waals surface area contributed by atoms with E-state index in [9.17, 15) is 23.3 Å². The maximum absolute atomic E-state index is 12.4. The first kappa shape index (κ1) is 18.0. The lowest BCUT2D eigenvalue weighted by molar-refractivity contribution is -0.388. The Morgan fingerprint density at radius 2 is 1.88 bits per heavy atom. The van der Waals surface area contributed by atoms with Gasteiger partial charge >= 0.3 is 12.0 Å². The van der Waals surface area contributed by atoms with Crippen LogP contribution in [0.4, 0.5) is 24.5 Å². The minimum atomic E-state index is -5.03. The molecule has 0 aromatic heterocycles. The summed E-state index contributed by atoms with van der Waals surface area (Å²) in [6.45, 7) is 0.140. The Balaban J connectivity index is 2.15. The van der Waals surface area contributed by atoms with E-state index in [1.54, 1.807) is 12.1 Å². The van der Waals surface area contributed by atoms with Gasteiger partial charge in [0.15, 0.2) is 0 Å². The average molecular weight is 406 g/mol. The van der Waals surface area contributed by atoms with Crippen LogP contribution in [0.15, 0.2) is 46.9 Å². The molecule has 24 heavy (non-hydrogen) atoms. The molecule has 2 aromatic carbocycles. The third kappa shape index (κ3) is 5.10.